The van der Waals surface area contributed by atoms with Crippen molar-refractivity contribution >= 4 is 5.97 Å². The van der Waals surface area contributed by atoms with Crippen LogP contribution in [0.3, 0.4) is 0 Å². The van der Waals surface area contributed by atoms with Crippen LogP contribution in [0.5, 0.6) is 0 Å². The van der Waals surface area contributed by atoms with E-state index in [1.165, 1.54) is 32.6 Å². The van der Waals surface area contributed by atoms with Gasteiger partial charge in [-0.25, -0.2) is 0 Å². The highest BCUT2D eigenvalue weighted by molar-refractivity contribution is 5.66. The van der Waals surface area contributed by atoms with E-state index in [1.807, 2.05) is 0 Å². The maximum absolute atomic E-state index is 11.1. The molecular formula is C14H28O2. The van der Waals surface area contributed by atoms with Crippen molar-refractivity contribution in [3.8, 4) is 0 Å². The van der Waals surface area contributed by atoms with E-state index in [0.29, 0.717) is 5.92 Å². The molecule has 0 amide bonds. The van der Waals surface area contributed by atoms with Crippen LogP contribution >= 0.6 is 0 Å². The summed E-state index contributed by atoms with van der Waals surface area (Å²) in [5, 5.41) is 0. The fourth-order valence-electron chi connectivity index (χ4n) is 2.16. The molecule has 16 heavy (non-hydrogen) atoms. The van der Waals surface area contributed by atoms with Gasteiger partial charge in [0, 0.05) is 6.92 Å². The second-order valence-corrected chi connectivity index (χ2v) is 5.02. The standard InChI is InChI=1S/C14H28O2/c1-6-9-10-13(7-2)11-14(5,8-3)16-12(4)15/h13H,6-11H2,1-5H3. The molecule has 0 N–H and O–H groups in total. The number of carbonyl (C=O) groups excluding carboxylic acids is 1. The van der Waals surface area contributed by atoms with Gasteiger partial charge in [0.25, 0.3) is 0 Å². The molecule has 2 nitrogen and oxygen atoms in total. The van der Waals surface area contributed by atoms with Gasteiger partial charge in [0.2, 0.25) is 0 Å². The van der Waals surface area contributed by atoms with Crippen LogP contribution in [0, 0.1) is 5.92 Å². The molecule has 0 aromatic carbocycles. The molecule has 2 heteroatoms. The van der Waals surface area contributed by atoms with Gasteiger partial charge in [0.1, 0.15) is 5.60 Å². The average molecular weight is 228 g/mol. The van der Waals surface area contributed by atoms with E-state index < -0.39 is 0 Å². The number of hydrogen-bond donors (Lipinski definition) is 0. The van der Waals surface area contributed by atoms with E-state index in [2.05, 4.69) is 27.7 Å². The molecular weight excluding hydrogens is 200 g/mol. The predicted octanol–water partition coefficient (Wildman–Crippen LogP) is 4.32. The Morgan fingerprint density at radius 1 is 1.31 bits per heavy atom. The fourth-order valence-corrected chi connectivity index (χ4v) is 2.16. The Balaban J connectivity index is 4.29. The van der Waals surface area contributed by atoms with Gasteiger partial charge >= 0.3 is 5.97 Å². The third-order valence-corrected chi connectivity index (χ3v) is 3.40. The largest absolute Gasteiger partial charge is 0.460 e. The Labute approximate surface area is 101 Å². The monoisotopic (exact) mass is 228 g/mol. The number of rotatable bonds is 8. The van der Waals surface area contributed by atoms with Gasteiger partial charge in [-0.15, -0.1) is 0 Å². The van der Waals surface area contributed by atoms with Crippen molar-refractivity contribution in [1.29, 1.82) is 0 Å². The van der Waals surface area contributed by atoms with E-state index >= 15 is 0 Å². The summed E-state index contributed by atoms with van der Waals surface area (Å²) in [5.74, 6) is 0.527. The first kappa shape index (κ1) is 15.5. The quantitative estimate of drug-likeness (QED) is 0.578. The third kappa shape index (κ3) is 6.14. The fraction of sp³-hybridized carbons (Fsp3) is 0.929. The maximum atomic E-state index is 11.1. The number of hydrogen-bond acceptors (Lipinski definition) is 2. The van der Waals surface area contributed by atoms with Crippen LogP contribution in [0.15, 0.2) is 0 Å². The summed E-state index contributed by atoms with van der Waals surface area (Å²) >= 11 is 0. The Kier molecular flexibility index (Phi) is 7.44. The summed E-state index contributed by atoms with van der Waals surface area (Å²) in [4.78, 5) is 11.1. The van der Waals surface area contributed by atoms with Crippen LogP contribution in [0.2, 0.25) is 0 Å². The van der Waals surface area contributed by atoms with Gasteiger partial charge in [0.15, 0.2) is 0 Å². The van der Waals surface area contributed by atoms with Gasteiger partial charge in [-0.05, 0) is 25.7 Å². The molecule has 0 aliphatic rings. The van der Waals surface area contributed by atoms with Gasteiger partial charge in [-0.3, -0.25) is 4.79 Å². The molecule has 0 aromatic heterocycles. The molecule has 0 aliphatic heterocycles. The Bertz CT molecular complexity index is 201. The Hall–Kier alpha value is -0.530. The Morgan fingerprint density at radius 3 is 2.31 bits per heavy atom. The second-order valence-electron chi connectivity index (χ2n) is 5.02. The lowest BCUT2D eigenvalue weighted by atomic mass is 9.85. The molecule has 0 fully saturated rings. The molecule has 0 saturated carbocycles. The molecule has 0 bridgehead atoms. The third-order valence-electron chi connectivity index (χ3n) is 3.40. The molecule has 0 saturated heterocycles. The number of carbonyl (C=O) groups is 1. The minimum absolute atomic E-state index is 0.158. The number of ether oxygens (including phenoxy) is 1. The van der Waals surface area contributed by atoms with Crippen molar-refractivity contribution in [1.82, 2.24) is 0 Å². The maximum Gasteiger partial charge on any atom is 0.303 e. The minimum Gasteiger partial charge on any atom is -0.460 e. The van der Waals surface area contributed by atoms with Crippen LogP contribution < -0.4 is 0 Å². The molecule has 2 unspecified atom stereocenters. The van der Waals surface area contributed by atoms with Crippen LogP contribution in [0.4, 0.5) is 0 Å². The lowest BCUT2D eigenvalue weighted by molar-refractivity contribution is -0.157. The molecule has 0 aliphatic carbocycles. The predicted molar refractivity (Wildman–Crippen MR) is 68.4 cm³/mol. The molecule has 0 rings (SSSR count). The van der Waals surface area contributed by atoms with Crippen molar-refractivity contribution in [2.75, 3.05) is 0 Å². The number of unbranched alkanes of at least 4 members (excludes halogenated alkanes) is 1. The zero-order valence-corrected chi connectivity index (χ0v) is 11.6. The first-order valence-electron chi connectivity index (χ1n) is 6.67. The van der Waals surface area contributed by atoms with Crippen molar-refractivity contribution < 1.29 is 9.53 Å². The second kappa shape index (κ2) is 7.70. The van der Waals surface area contributed by atoms with E-state index in [9.17, 15) is 4.79 Å². The van der Waals surface area contributed by atoms with E-state index in [-0.39, 0.29) is 11.6 Å². The van der Waals surface area contributed by atoms with Crippen molar-refractivity contribution in [2.45, 2.75) is 78.7 Å². The molecule has 0 spiro atoms. The highest BCUT2D eigenvalue weighted by Gasteiger charge is 2.28. The van der Waals surface area contributed by atoms with E-state index in [0.717, 1.165) is 12.8 Å². The molecule has 0 aromatic rings. The van der Waals surface area contributed by atoms with Gasteiger partial charge in [0.05, 0.1) is 0 Å². The molecule has 0 radical (unpaired) electrons. The summed E-state index contributed by atoms with van der Waals surface area (Å²) in [6.07, 6.45) is 6.85. The van der Waals surface area contributed by atoms with Crippen LogP contribution in [0.25, 0.3) is 0 Å². The van der Waals surface area contributed by atoms with Gasteiger partial charge in [-0.1, -0.05) is 46.5 Å². The highest BCUT2D eigenvalue weighted by atomic mass is 16.6. The summed E-state index contributed by atoms with van der Waals surface area (Å²) in [6, 6.07) is 0. The molecule has 0 heterocycles. The van der Waals surface area contributed by atoms with Crippen LogP contribution in [0.1, 0.15) is 73.1 Å². The van der Waals surface area contributed by atoms with Crippen LogP contribution in [-0.2, 0) is 9.53 Å². The van der Waals surface area contributed by atoms with Crippen molar-refractivity contribution in [3.63, 3.8) is 0 Å². The summed E-state index contributed by atoms with van der Waals surface area (Å²) < 4.78 is 5.46. The smallest absolute Gasteiger partial charge is 0.303 e. The van der Waals surface area contributed by atoms with Crippen molar-refractivity contribution in [2.24, 2.45) is 5.92 Å². The SMILES string of the molecule is CCCCC(CC)CC(C)(CC)OC(C)=O. The zero-order valence-electron chi connectivity index (χ0n) is 11.6. The first-order valence-corrected chi connectivity index (χ1v) is 6.67. The molecule has 2 atom stereocenters. The lowest BCUT2D eigenvalue weighted by Gasteiger charge is -2.31. The first-order chi connectivity index (χ1) is 7.47. The number of esters is 1. The van der Waals surface area contributed by atoms with Crippen molar-refractivity contribution in [3.05, 3.63) is 0 Å². The summed E-state index contributed by atoms with van der Waals surface area (Å²) in [7, 11) is 0. The normalized spacial score (nSPS) is 16.6. The van der Waals surface area contributed by atoms with E-state index in [1.54, 1.807) is 0 Å². The summed E-state index contributed by atoms with van der Waals surface area (Å²) in [6.45, 7) is 10.1. The van der Waals surface area contributed by atoms with Crippen LogP contribution in [-0.4, -0.2) is 11.6 Å². The average Bonchev–Trinajstić information content (AvgIpc) is 2.23. The van der Waals surface area contributed by atoms with E-state index in [4.69, 9.17) is 4.74 Å². The lowest BCUT2D eigenvalue weighted by Crippen LogP contribution is -2.32. The topological polar surface area (TPSA) is 26.3 Å². The molecule has 96 valence electrons. The highest BCUT2D eigenvalue weighted by Crippen LogP contribution is 2.29. The zero-order chi connectivity index (χ0) is 12.6. The minimum atomic E-state index is -0.264. The van der Waals surface area contributed by atoms with Gasteiger partial charge in [-0.2, -0.15) is 0 Å². The summed E-state index contributed by atoms with van der Waals surface area (Å²) in [5.41, 5.74) is -0.264. The Morgan fingerprint density at radius 2 is 1.94 bits per heavy atom. The van der Waals surface area contributed by atoms with Gasteiger partial charge < -0.3 is 4.74 Å².